The van der Waals surface area contributed by atoms with Gasteiger partial charge < -0.3 is 9.84 Å². The Hall–Kier alpha value is -0.940. The van der Waals surface area contributed by atoms with E-state index in [4.69, 9.17) is 4.74 Å². The van der Waals surface area contributed by atoms with E-state index in [9.17, 15) is 5.11 Å². The van der Waals surface area contributed by atoms with E-state index in [2.05, 4.69) is 10.1 Å². The molecule has 1 N–H and O–H groups in total. The topological polar surface area (TPSA) is 60.2 Å². The standard InChI is InChI=1S/C9H15N3O2/c1-6-10-7(2)12(11-6)8-5-14-4-3-9(8)13/h8-9,13H,3-5H2,1-2H3. The Morgan fingerprint density at radius 3 is 2.86 bits per heavy atom. The van der Waals surface area contributed by atoms with Crippen molar-refractivity contribution in [2.75, 3.05) is 13.2 Å². The van der Waals surface area contributed by atoms with Gasteiger partial charge in [-0.1, -0.05) is 0 Å². The molecule has 0 saturated carbocycles. The van der Waals surface area contributed by atoms with E-state index in [-0.39, 0.29) is 12.1 Å². The van der Waals surface area contributed by atoms with Crippen molar-refractivity contribution in [3.63, 3.8) is 0 Å². The van der Waals surface area contributed by atoms with Gasteiger partial charge in [-0.2, -0.15) is 5.10 Å². The summed E-state index contributed by atoms with van der Waals surface area (Å²) in [7, 11) is 0. The Bertz CT molecular complexity index is 324. The fraction of sp³-hybridized carbons (Fsp3) is 0.778. The summed E-state index contributed by atoms with van der Waals surface area (Å²) in [5, 5.41) is 14.0. The monoisotopic (exact) mass is 197 g/mol. The number of rotatable bonds is 1. The maximum Gasteiger partial charge on any atom is 0.147 e. The van der Waals surface area contributed by atoms with Gasteiger partial charge in [0, 0.05) is 6.61 Å². The Labute approximate surface area is 82.7 Å². The van der Waals surface area contributed by atoms with Gasteiger partial charge in [0.25, 0.3) is 0 Å². The first-order chi connectivity index (χ1) is 6.68. The van der Waals surface area contributed by atoms with E-state index in [1.54, 1.807) is 4.68 Å². The molecule has 0 radical (unpaired) electrons. The lowest BCUT2D eigenvalue weighted by Gasteiger charge is -2.28. The summed E-state index contributed by atoms with van der Waals surface area (Å²) >= 11 is 0. The fourth-order valence-electron chi connectivity index (χ4n) is 1.80. The van der Waals surface area contributed by atoms with E-state index in [0.29, 0.717) is 19.6 Å². The molecule has 1 aromatic rings. The summed E-state index contributed by atoms with van der Waals surface area (Å²) in [6.45, 7) is 4.89. The SMILES string of the molecule is Cc1nc(C)n(C2COCCC2O)n1. The van der Waals surface area contributed by atoms with Crippen LogP contribution in [-0.4, -0.2) is 39.2 Å². The fourth-order valence-corrected chi connectivity index (χ4v) is 1.80. The minimum atomic E-state index is -0.372. The van der Waals surface area contributed by atoms with Crippen LogP contribution in [-0.2, 0) is 4.74 Å². The van der Waals surface area contributed by atoms with Gasteiger partial charge in [-0.15, -0.1) is 0 Å². The second-order valence-corrected chi connectivity index (χ2v) is 3.65. The molecule has 0 aliphatic carbocycles. The van der Waals surface area contributed by atoms with Crippen molar-refractivity contribution in [3.8, 4) is 0 Å². The number of hydrogen-bond donors (Lipinski definition) is 1. The number of aromatic nitrogens is 3. The predicted molar refractivity (Wildman–Crippen MR) is 50.0 cm³/mol. The summed E-state index contributed by atoms with van der Waals surface area (Å²) in [4.78, 5) is 4.21. The van der Waals surface area contributed by atoms with Gasteiger partial charge in [0.2, 0.25) is 0 Å². The molecule has 78 valence electrons. The lowest BCUT2D eigenvalue weighted by molar-refractivity contribution is -0.0338. The van der Waals surface area contributed by atoms with Crippen LogP contribution < -0.4 is 0 Å². The Morgan fingerprint density at radius 1 is 1.50 bits per heavy atom. The summed E-state index contributed by atoms with van der Waals surface area (Å²) in [6, 6.07) is -0.0788. The molecule has 0 amide bonds. The quantitative estimate of drug-likeness (QED) is 0.699. The van der Waals surface area contributed by atoms with E-state index in [1.165, 1.54) is 0 Å². The zero-order valence-electron chi connectivity index (χ0n) is 8.47. The molecule has 2 heterocycles. The Morgan fingerprint density at radius 2 is 2.29 bits per heavy atom. The molecule has 0 bridgehead atoms. The number of ether oxygens (including phenoxy) is 1. The average molecular weight is 197 g/mol. The van der Waals surface area contributed by atoms with Crippen LogP contribution in [0.5, 0.6) is 0 Å². The average Bonchev–Trinajstić information content (AvgIpc) is 2.46. The molecule has 14 heavy (non-hydrogen) atoms. The van der Waals surface area contributed by atoms with E-state index >= 15 is 0 Å². The number of aryl methyl sites for hydroxylation is 2. The summed E-state index contributed by atoms with van der Waals surface area (Å²) in [6.07, 6.45) is 0.298. The minimum absolute atomic E-state index is 0.0788. The lowest BCUT2D eigenvalue weighted by atomic mass is 10.1. The van der Waals surface area contributed by atoms with Gasteiger partial charge in [-0.05, 0) is 20.3 Å². The summed E-state index contributed by atoms with van der Waals surface area (Å²) in [5.74, 6) is 1.57. The molecular weight excluding hydrogens is 182 g/mol. The lowest BCUT2D eigenvalue weighted by Crippen LogP contribution is -2.35. The van der Waals surface area contributed by atoms with Crippen molar-refractivity contribution in [2.24, 2.45) is 0 Å². The van der Waals surface area contributed by atoms with Gasteiger partial charge in [0.15, 0.2) is 0 Å². The number of aliphatic hydroxyl groups is 1. The van der Waals surface area contributed by atoms with Crippen molar-refractivity contribution < 1.29 is 9.84 Å². The molecule has 5 heteroatoms. The predicted octanol–water partition coefficient (Wildman–Crippen LogP) is 0.217. The normalized spacial score (nSPS) is 27.9. The van der Waals surface area contributed by atoms with Crippen LogP contribution in [0.25, 0.3) is 0 Å². The zero-order valence-corrected chi connectivity index (χ0v) is 8.47. The molecule has 2 unspecified atom stereocenters. The van der Waals surface area contributed by atoms with Crippen LogP contribution in [0.1, 0.15) is 24.1 Å². The van der Waals surface area contributed by atoms with Crippen LogP contribution in [0.4, 0.5) is 0 Å². The minimum Gasteiger partial charge on any atom is -0.391 e. The first kappa shape index (κ1) is 9.61. The third-order valence-corrected chi connectivity index (χ3v) is 2.51. The maximum atomic E-state index is 9.79. The van der Waals surface area contributed by atoms with Crippen molar-refractivity contribution in [1.82, 2.24) is 14.8 Å². The molecule has 0 spiro atoms. The number of nitrogens with zero attached hydrogens (tertiary/aromatic N) is 3. The van der Waals surface area contributed by atoms with Crippen LogP contribution in [0.3, 0.4) is 0 Å². The smallest absolute Gasteiger partial charge is 0.147 e. The summed E-state index contributed by atoms with van der Waals surface area (Å²) in [5.41, 5.74) is 0. The second kappa shape index (κ2) is 3.67. The molecule has 5 nitrogen and oxygen atoms in total. The maximum absolute atomic E-state index is 9.79. The highest BCUT2D eigenvalue weighted by Crippen LogP contribution is 2.20. The van der Waals surface area contributed by atoms with Gasteiger partial charge in [0.05, 0.1) is 12.7 Å². The highest BCUT2D eigenvalue weighted by Gasteiger charge is 2.27. The highest BCUT2D eigenvalue weighted by atomic mass is 16.5. The molecule has 1 saturated heterocycles. The van der Waals surface area contributed by atoms with E-state index in [1.807, 2.05) is 13.8 Å². The molecular formula is C9H15N3O2. The van der Waals surface area contributed by atoms with Crippen LogP contribution >= 0.6 is 0 Å². The second-order valence-electron chi connectivity index (χ2n) is 3.65. The molecule has 1 aliphatic heterocycles. The van der Waals surface area contributed by atoms with Gasteiger partial charge in [0.1, 0.15) is 17.7 Å². The largest absolute Gasteiger partial charge is 0.391 e. The Kier molecular flexibility index (Phi) is 2.52. The van der Waals surface area contributed by atoms with E-state index < -0.39 is 0 Å². The molecule has 2 rings (SSSR count). The summed E-state index contributed by atoms with van der Waals surface area (Å²) < 4.78 is 7.09. The third-order valence-electron chi connectivity index (χ3n) is 2.51. The van der Waals surface area contributed by atoms with Crippen LogP contribution in [0.15, 0.2) is 0 Å². The van der Waals surface area contributed by atoms with E-state index in [0.717, 1.165) is 11.6 Å². The van der Waals surface area contributed by atoms with Gasteiger partial charge in [-0.25, -0.2) is 9.67 Å². The molecule has 2 atom stereocenters. The van der Waals surface area contributed by atoms with Gasteiger partial charge >= 0.3 is 0 Å². The molecule has 1 aromatic heterocycles. The third kappa shape index (κ3) is 1.65. The number of aliphatic hydroxyl groups excluding tert-OH is 1. The van der Waals surface area contributed by atoms with Crippen LogP contribution in [0, 0.1) is 13.8 Å². The van der Waals surface area contributed by atoms with Crippen molar-refractivity contribution in [3.05, 3.63) is 11.6 Å². The number of hydrogen-bond acceptors (Lipinski definition) is 4. The molecule has 1 aliphatic rings. The first-order valence-corrected chi connectivity index (χ1v) is 4.84. The first-order valence-electron chi connectivity index (χ1n) is 4.84. The zero-order chi connectivity index (χ0) is 10.1. The van der Waals surface area contributed by atoms with Crippen molar-refractivity contribution in [2.45, 2.75) is 32.4 Å². The van der Waals surface area contributed by atoms with Crippen molar-refractivity contribution in [1.29, 1.82) is 0 Å². The van der Waals surface area contributed by atoms with Crippen LogP contribution in [0.2, 0.25) is 0 Å². The van der Waals surface area contributed by atoms with Gasteiger partial charge in [-0.3, -0.25) is 0 Å². The molecule has 0 aromatic carbocycles. The molecule has 1 fully saturated rings. The van der Waals surface area contributed by atoms with Crippen molar-refractivity contribution >= 4 is 0 Å². The Balaban J connectivity index is 2.24. The highest BCUT2D eigenvalue weighted by molar-refractivity contribution is 4.92.